The Morgan fingerprint density at radius 1 is 0.500 bits per heavy atom. The first-order valence-electron chi connectivity index (χ1n) is 13.2. The first-order valence-corrected chi connectivity index (χ1v) is 13.2. The van der Waals surface area contributed by atoms with Gasteiger partial charge >= 0.3 is 0 Å². The van der Waals surface area contributed by atoms with E-state index in [0.29, 0.717) is 6.17 Å². The standard InChI is InChI=1S/C26H56N2/c1-5-8-9-10-11-12-13-14-15-16-17-18-19-20-21-22-23-24-25-27-26(4)28(6-2)7-3/h26-27H,5-25H2,1-4H3. The van der Waals surface area contributed by atoms with Gasteiger partial charge in [-0.25, -0.2) is 0 Å². The number of hydrogen-bond donors (Lipinski definition) is 1. The van der Waals surface area contributed by atoms with Crippen LogP contribution in [0.5, 0.6) is 0 Å². The number of hydrogen-bond acceptors (Lipinski definition) is 2. The Bertz CT molecular complexity index is 276. The molecule has 0 radical (unpaired) electrons. The summed E-state index contributed by atoms with van der Waals surface area (Å²) in [4.78, 5) is 2.48. The molecule has 0 saturated heterocycles. The van der Waals surface area contributed by atoms with Gasteiger partial charge in [0.05, 0.1) is 6.17 Å². The van der Waals surface area contributed by atoms with E-state index in [1.54, 1.807) is 0 Å². The van der Waals surface area contributed by atoms with Crippen LogP contribution in [-0.4, -0.2) is 30.7 Å². The van der Waals surface area contributed by atoms with Crippen molar-refractivity contribution in [3.8, 4) is 0 Å². The van der Waals surface area contributed by atoms with Crippen molar-refractivity contribution in [3.05, 3.63) is 0 Å². The zero-order valence-electron chi connectivity index (χ0n) is 20.4. The van der Waals surface area contributed by atoms with Gasteiger partial charge in [0.15, 0.2) is 0 Å². The van der Waals surface area contributed by atoms with Crippen molar-refractivity contribution in [2.45, 2.75) is 149 Å². The fourth-order valence-corrected chi connectivity index (χ4v) is 4.24. The molecule has 0 aliphatic carbocycles. The molecule has 2 heteroatoms. The second-order valence-electron chi connectivity index (χ2n) is 8.86. The van der Waals surface area contributed by atoms with E-state index < -0.39 is 0 Å². The molecule has 0 amide bonds. The molecule has 0 rings (SSSR count). The maximum Gasteiger partial charge on any atom is 0.0567 e. The topological polar surface area (TPSA) is 15.3 Å². The predicted octanol–water partition coefficient (Wildman–Crippen LogP) is 8.31. The lowest BCUT2D eigenvalue weighted by atomic mass is 10.0. The van der Waals surface area contributed by atoms with Crippen LogP contribution >= 0.6 is 0 Å². The number of nitrogens with one attached hydrogen (secondary N) is 1. The highest BCUT2D eigenvalue weighted by molar-refractivity contribution is 4.62. The molecule has 0 saturated carbocycles. The molecule has 170 valence electrons. The Morgan fingerprint density at radius 2 is 0.821 bits per heavy atom. The number of unbranched alkanes of at least 4 members (excludes halogenated alkanes) is 17. The Morgan fingerprint density at radius 3 is 1.14 bits per heavy atom. The Balaban J connectivity index is 3.12. The van der Waals surface area contributed by atoms with E-state index in [-0.39, 0.29) is 0 Å². The van der Waals surface area contributed by atoms with Crippen molar-refractivity contribution in [2.75, 3.05) is 19.6 Å². The highest BCUT2D eigenvalue weighted by atomic mass is 15.2. The van der Waals surface area contributed by atoms with Crippen LogP contribution in [0.4, 0.5) is 0 Å². The summed E-state index contributed by atoms with van der Waals surface area (Å²) in [5.74, 6) is 0. The molecule has 0 spiro atoms. The van der Waals surface area contributed by atoms with E-state index in [9.17, 15) is 0 Å². The Kier molecular flexibility index (Phi) is 23.1. The van der Waals surface area contributed by atoms with Gasteiger partial charge in [-0.15, -0.1) is 0 Å². The number of nitrogens with zero attached hydrogens (tertiary/aromatic N) is 1. The van der Waals surface area contributed by atoms with Crippen molar-refractivity contribution < 1.29 is 0 Å². The zero-order chi connectivity index (χ0) is 20.7. The highest BCUT2D eigenvalue weighted by Gasteiger charge is 2.07. The van der Waals surface area contributed by atoms with Crippen LogP contribution in [0.1, 0.15) is 143 Å². The lowest BCUT2D eigenvalue weighted by Crippen LogP contribution is -2.43. The third-order valence-electron chi connectivity index (χ3n) is 6.33. The van der Waals surface area contributed by atoms with Crippen LogP contribution in [0, 0.1) is 0 Å². The van der Waals surface area contributed by atoms with E-state index in [0.717, 1.165) is 13.1 Å². The summed E-state index contributed by atoms with van der Waals surface area (Å²) in [5.41, 5.74) is 0. The Hall–Kier alpha value is -0.0800. The second-order valence-corrected chi connectivity index (χ2v) is 8.86. The van der Waals surface area contributed by atoms with E-state index in [2.05, 4.69) is 37.9 Å². The normalized spacial score (nSPS) is 12.8. The quantitative estimate of drug-likeness (QED) is 0.138. The molecule has 1 N–H and O–H groups in total. The molecule has 28 heavy (non-hydrogen) atoms. The Labute approximate surface area is 179 Å². The average Bonchev–Trinajstić information content (AvgIpc) is 2.70. The second kappa shape index (κ2) is 23.2. The molecule has 0 aromatic rings. The molecule has 0 aromatic carbocycles. The van der Waals surface area contributed by atoms with Crippen LogP contribution in [0.25, 0.3) is 0 Å². The third-order valence-corrected chi connectivity index (χ3v) is 6.33. The third kappa shape index (κ3) is 19.2. The first-order chi connectivity index (χ1) is 13.8. The van der Waals surface area contributed by atoms with E-state index in [4.69, 9.17) is 0 Å². The van der Waals surface area contributed by atoms with Crippen molar-refractivity contribution in [1.82, 2.24) is 10.2 Å². The maximum atomic E-state index is 3.67. The van der Waals surface area contributed by atoms with Gasteiger partial charge in [0.1, 0.15) is 0 Å². The molecule has 1 unspecified atom stereocenters. The SMILES string of the molecule is CCCCCCCCCCCCCCCCCCCCNC(C)N(CC)CC. The van der Waals surface area contributed by atoms with Gasteiger partial charge in [-0.05, 0) is 33.0 Å². The van der Waals surface area contributed by atoms with Crippen LogP contribution in [0.15, 0.2) is 0 Å². The summed E-state index contributed by atoms with van der Waals surface area (Å²) in [6.45, 7) is 12.6. The molecule has 0 fully saturated rings. The number of rotatable bonds is 23. The molecule has 0 aromatic heterocycles. The van der Waals surface area contributed by atoms with E-state index >= 15 is 0 Å². The van der Waals surface area contributed by atoms with Crippen molar-refractivity contribution >= 4 is 0 Å². The predicted molar refractivity (Wildman–Crippen MR) is 129 cm³/mol. The lowest BCUT2D eigenvalue weighted by Gasteiger charge is -2.27. The van der Waals surface area contributed by atoms with E-state index in [1.807, 2.05) is 0 Å². The van der Waals surface area contributed by atoms with Crippen molar-refractivity contribution in [3.63, 3.8) is 0 Å². The summed E-state index contributed by atoms with van der Waals surface area (Å²) in [6.07, 6.45) is 26.6. The van der Waals surface area contributed by atoms with Gasteiger partial charge in [-0.2, -0.15) is 0 Å². The smallest absolute Gasteiger partial charge is 0.0567 e. The van der Waals surface area contributed by atoms with Crippen molar-refractivity contribution in [2.24, 2.45) is 0 Å². The molecule has 0 bridgehead atoms. The maximum absolute atomic E-state index is 3.67. The minimum Gasteiger partial charge on any atom is -0.302 e. The largest absolute Gasteiger partial charge is 0.302 e. The zero-order valence-corrected chi connectivity index (χ0v) is 20.4. The fraction of sp³-hybridized carbons (Fsp3) is 1.00. The van der Waals surface area contributed by atoms with Crippen LogP contribution < -0.4 is 5.32 Å². The summed E-state index contributed by atoms with van der Waals surface area (Å²) in [5, 5.41) is 3.67. The average molecular weight is 397 g/mol. The minimum atomic E-state index is 0.529. The molecule has 0 aliphatic rings. The van der Waals surface area contributed by atoms with Crippen molar-refractivity contribution in [1.29, 1.82) is 0 Å². The molecule has 1 atom stereocenters. The molecular weight excluding hydrogens is 340 g/mol. The highest BCUT2D eigenvalue weighted by Crippen LogP contribution is 2.14. The fourth-order valence-electron chi connectivity index (χ4n) is 4.24. The first kappa shape index (κ1) is 27.9. The lowest BCUT2D eigenvalue weighted by molar-refractivity contribution is 0.196. The monoisotopic (exact) mass is 396 g/mol. The van der Waals surface area contributed by atoms with Gasteiger partial charge < -0.3 is 5.32 Å². The summed E-state index contributed by atoms with van der Waals surface area (Å²) in [6, 6.07) is 0. The van der Waals surface area contributed by atoms with Gasteiger partial charge in [0.2, 0.25) is 0 Å². The van der Waals surface area contributed by atoms with Gasteiger partial charge in [0.25, 0.3) is 0 Å². The molecule has 0 aliphatic heterocycles. The summed E-state index contributed by atoms with van der Waals surface area (Å²) in [7, 11) is 0. The summed E-state index contributed by atoms with van der Waals surface area (Å²) >= 11 is 0. The van der Waals surface area contributed by atoms with Gasteiger partial charge in [0, 0.05) is 0 Å². The van der Waals surface area contributed by atoms with Gasteiger partial charge in [-0.3, -0.25) is 4.90 Å². The summed E-state index contributed by atoms with van der Waals surface area (Å²) < 4.78 is 0. The van der Waals surface area contributed by atoms with Gasteiger partial charge in [-0.1, -0.05) is 130 Å². The van der Waals surface area contributed by atoms with Crippen LogP contribution in [0.2, 0.25) is 0 Å². The molecular formula is C26H56N2. The molecule has 2 nitrogen and oxygen atoms in total. The minimum absolute atomic E-state index is 0.529. The molecule has 0 heterocycles. The van der Waals surface area contributed by atoms with E-state index in [1.165, 1.54) is 122 Å². The van der Waals surface area contributed by atoms with Crippen LogP contribution in [0.3, 0.4) is 0 Å². The van der Waals surface area contributed by atoms with Crippen LogP contribution in [-0.2, 0) is 0 Å².